The van der Waals surface area contributed by atoms with E-state index in [1.807, 2.05) is 13.8 Å². The van der Waals surface area contributed by atoms with Crippen molar-refractivity contribution in [2.24, 2.45) is 11.8 Å². The Balaban J connectivity index is 2.17. The van der Waals surface area contributed by atoms with Crippen LogP contribution in [0.5, 0.6) is 0 Å². The van der Waals surface area contributed by atoms with E-state index in [2.05, 4.69) is 5.32 Å². The quantitative estimate of drug-likeness (QED) is 0.567. The SMILES string of the molecule is CC[C@@H](C)OC(=O)C1=C(C)NC2=C(C(=O)[C@H](C(=O)OC)[C@@H](C)C2)[C@@H]1c1cccc(F)c1. The Morgan fingerprint density at radius 1 is 1.32 bits per heavy atom. The molecule has 0 amide bonds. The van der Waals surface area contributed by atoms with Crippen molar-refractivity contribution in [1.82, 2.24) is 5.32 Å². The molecule has 0 radical (unpaired) electrons. The Morgan fingerprint density at radius 3 is 2.65 bits per heavy atom. The molecule has 0 saturated heterocycles. The van der Waals surface area contributed by atoms with Gasteiger partial charge in [-0.1, -0.05) is 26.0 Å². The van der Waals surface area contributed by atoms with Crippen molar-refractivity contribution in [1.29, 1.82) is 0 Å². The van der Waals surface area contributed by atoms with Gasteiger partial charge in [-0.2, -0.15) is 0 Å². The summed E-state index contributed by atoms with van der Waals surface area (Å²) in [6.45, 7) is 7.24. The molecule has 1 aromatic carbocycles. The number of allylic oxidation sites excluding steroid dienone is 3. The molecule has 0 saturated carbocycles. The van der Waals surface area contributed by atoms with Crippen LogP contribution in [0.4, 0.5) is 4.39 Å². The van der Waals surface area contributed by atoms with Gasteiger partial charge in [0.1, 0.15) is 11.7 Å². The standard InChI is InChI=1S/C24H28FNO5/c1-6-13(3)31-24(29)19-14(4)26-17-10-12(2)18(23(28)30-5)22(27)21(17)20(19)15-8-7-9-16(25)11-15/h7-9,11-13,18,20,26H,6,10H2,1-5H3/t12-,13+,18+,20+/m0/s1. The van der Waals surface area contributed by atoms with Crippen molar-refractivity contribution in [2.45, 2.75) is 52.6 Å². The van der Waals surface area contributed by atoms with Crippen molar-refractivity contribution in [2.75, 3.05) is 7.11 Å². The predicted octanol–water partition coefficient (Wildman–Crippen LogP) is 3.78. The van der Waals surface area contributed by atoms with Crippen LogP contribution in [0.25, 0.3) is 0 Å². The van der Waals surface area contributed by atoms with E-state index in [9.17, 15) is 18.8 Å². The molecule has 1 aromatic rings. The first-order chi connectivity index (χ1) is 14.7. The summed E-state index contributed by atoms with van der Waals surface area (Å²) < 4.78 is 24.6. The van der Waals surface area contributed by atoms with E-state index in [-0.39, 0.29) is 17.6 Å². The summed E-state index contributed by atoms with van der Waals surface area (Å²) in [5.74, 6) is -4.17. The average Bonchev–Trinajstić information content (AvgIpc) is 2.72. The number of esters is 2. The van der Waals surface area contributed by atoms with E-state index in [1.54, 1.807) is 19.9 Å². The molecule has 31 heavy (non-hydrogen) atoms. The zero-order valence-electron chi connectivity index (χ0n) is 18.5. The maximum absolute atomic E-state index is 14.1. The molecular weight excluding hydrogens is 401 g/mol. The number of carbonyl (C=O) groups excluding carboxylic acids is 3. The van der Waals surface area contributed by atoms with Crippen LogP contribution in [0.3, 0.4) is 0 Å². The molecule has 7 heteroatoms. The third-order valence-corrected chi connectivity index (χ3v) is 6.03. The number of methoxy groups -OCH3 is 1. The van der Waals surface area contributed by atoms with Crippen molar-refractivity contribution in [3.8, 4) is 0 Å². The number of benzene rings is 1. The predicted molar refractivity (Wildman–Crippen MR) is 112 cm³/mol. The maximum atomic E-state index is 14.1. The Kier molecular flexibility index (Phi) is 6.62. The van der Waals surface area contributed by atoms with Gasteiger partial charge in [0.05, 0.1) is 18.8 Å². The number of hydrogen-bond acceptors (Lipinski definition) is 6. The largest absolute Gasteiger partial charge is 0.468 e. The minimum atomic E-state index is -0.980. The second kappa shape index (κ2) is 9.04. The van der Waals surface area contributed by atoms with Crippen LogP contribution in [-0.4, -0.2) is 30.9 Å². The topological polar surface area (TPSA) is 81.7 Å². The fraction of sp³-hybridized carbons (Fsp3) is 0.458. The zero-order valence-corrected chi connectivity index (χ0v) is 18.5. The molecule has 6 nitrogen and oxygen atoms in total. The molecular formula is C24H28FNO5. The summed E-state index contributed by atoms with van der Waals surface area (Å²) >= 11 is 0. The van der Waals surface area contributed by atoms with Crippen molar-refractivity contribution in [3.63, 3.8) is 0 Å². The van der Waals surface area contributed by atoms with E-state index in [4.69, 9.17) is 9.47 Å². The van der Waals surface area contributed by atoms with Crippen molar-refractivity contribution < 1.29 is 28.2 Å². The van der Waals surface area contributed by atoms with Crippen LogP contribution in [-0.2, 0) is 23.9 Å². The van der Waals surface area contributed by atoms with Gasteiger partial charge in [-0.25, -0.2) is 9.18 Å². The number of hydrogen-bond donors (Lipinski definition) is 1. The van der Waals surface area contributed by atoms with Gasteiger partial charge < -0.3 is 14.8 Å². The molecule has 1 aliphatic heterocycles. The highest BCUT2D eigenvalue weighted by Crippen LogP contribution is 2.45. The van der Waals surface area contributed by atoms with Crippen molar-refractivity contribution >= 4 is 17.7 Å². The number of Topliss-reactive ketones (excluding diaryl/α,β-unsaturated/α-hetero) is 1. The zero-order chi connectivity index (χ0) is 22.9. The summed E-state index contributed by atoms with van der Waals surface area (Å²) in [6, 6.07) is 5.82. The van der Waals surface area contributed by atoms with Crippen LogP contribution in [0.15, 0.2) is 46.8 Å². The number of carbonyl (C=O) groups is 3. The molecule has 0 unspecified atom stereocenters. The number of ketones is 1. The molecule has 0 bridgehead atoms. The van der Waals surface area contributed by atoms with E-state index >= 15 is 0 Å². The second-order valence-electron chi connectivity index (χ2n) is 8.21. The van der Waals surface area contributed by atoms with Crippen LogP contribution >= 0.6 is 0 Å². The minimum absolute atomic E-state index is 0.246. The van der Waals surface area contributed by atoms with Gasteiger partial charge in [0.15, 0.2) is 5.78 Å². The van der Waals surface area contributed by atoms with E-state index in [0.717, 1.165) is 0 Å². The van der Waals surface area contributed by atoms with Gasteiger partial charge in [-0.15, -0.1) is 0 Å². The minimum Gasteiger partial charge on any atom is -0.468 e. The molecule has 2 aliphatic rings. The van der Waals surface area contributed by atoms with Crippen LogP contribution < -0.4 is 5.32 Å². The van der Waals surface area contributed by atoms with Gasteiger partial charge in [-0.3, -0.25) is 9.59 Å². The summed E-state index contributed by atoms with van der Waals surface area (Å²) in [4.78, 5) is 39.0. The first-order valence-corrected chi connectivity index (χ1v) is 10.5. The summed E-state index contributed by atoms with van der Waals surface area (Å²) in [6.07, 6.45) is 0.740. The van der Waals surface area contributed by atoms with Gasteiger partial charge in [0.25, 0.3) is 0 Å². The Labute approximate surface area is 181 Å². The van der Waals surface area contributed by atoms with Crippen LogP contribution in [0.1, 0.15) is 52.0 Å². The normalized spacial score (nSPS) is 24.3. The smallest absolute Gasteiger partial charge is 0.337 e. The first-order valence-electron chi connectivity index (χ1n) is 10.5. The van der Waals surface area contributed by atoms with Gasteiger partial charge in [-0.05, 0) is 50.3 Å². The fourth-order valence-corrected chi connectivity index (χ4v) is 4.30. The monoisotopic (exact) mass is 429 g/mol. The van der Waals surface area contributed by atoms with Gasteiger partial charge in [0, 0.05) is 22.9 Å². The Hall–Kier alpha value is -2.96. The molecule has 3 rings (SSSR count). The summed E-state index contributed by atoms with van der Waals surface area (Å²) in [5.41, 5.74) is 2.19. The fourth-order valence-electron chi connectivity index (χ4n) is 4.30. The second-order valence-corrected chi connectivity index (χ2v) is 8.21. The third-order valence-electron chi connectivity index (χ3n) is 6.03. The number of ether oxygens (including phenoxy) is 2. The van der Waals surface area contributed by atoms with Gasteiger partial charge >= 0.3 is 11.9 Å². The van der Waals surface area contributed by atoms with Crippen LogP contribution in [0, 0.1) is 17.7 Å². The lowest BCUT2D eigenvalue weighted by Crippen LogP contribution is -2.43. The Morgan fingerprint density at radius 2 is 2.03 bits per heavy atom. The number of nitrogens with one attached hydrogen (secondary N) is 1. The lowest BCUT2D eigenvalue weighted by molar-refractivity contribution is -0.151. The first kappa shape index (κ1) is 22.7. The highest BCUT2D eigenvalue weighted by Gasteiger charge is 2.47. The molecule has 4 atom stereocenters. The van der Waals surface area contributed by atoms with E-state index < -0.39 is 35.4 Å². The van der Waals surface area contributed by atoms with Gasteiger partial charge in [0.2, 0.25) is 0 Å². The third kappa shape index (κ3) is 4.27. The molecule has 1 heterocycles. The lowest BCUT2D eigenvalue weighted by atomic mass is 9.69. The maximum Gasteiger partial charge on any atom is 0.337 e. The highest BCUT2D eigenvalue weighted by atomic mass is 19.1. The molecule has 0 aromatic heterocycles. The average molecular weight is 429 g/mol. The molecule has 0 fully saturated rings. The molecule has 0 spiro atoms. The van der Waals surface area contributed by atoms with E-state index in [0.29, 0.717) is 35.4 Å². The number of halogens is 1. The number of rotatable bonds is 5. The lowest BCUT2D eigenvalue weighted by Gasteiger charge is -2.38. The summed E-state index contributed by atoms with van der Waals surface area (Å²) in [7, 11) is 1.24. The van der Waals surface area contributed by atoms with Crippen LogP contribution in [0.2, 0.25) is 0 Å². The van der Waals surface area contributed by atoms with Crippen molar-refractivity contribution in [3.05, 3.63) is 58.2 Å². The Bertz CT molecular complexity index is 980. The molecule has 166 valence electrons. The molecule has 1 N–H and O–H groups in total. The highest BCUT2D eigenvalue weighted by molar-refractivity contribution is 6.12. The van der Waals surface area contributed by atoms with E-state index in [1.165, 1.54) is 25.3 Å². The number of dihydropyridines is 1. The molecule has 1 aliphatic carbocycles. The summed E-state index contributed by atoms with van der Waals surface area (Å²) in [5, 5.41) is 3.18.